The molecule has 1 N–H and O–H groups in total. The average Bonchev–Trinajstić information content (AvgIpc) is 3.07. The second-order valence-electron chi connectivity index (χ2n) is 7.06. The third kappa shape index (κ3) is 4.09. The molecule has 2 aromatic heterocycles. The number of rotatable bonds is 6. The van der Waals surface area contributed by atoms with Crippen LogP contribution in [0.3, 0.4) is 0 Å². The predicted octanol–water partition coefficient (Wildman–Crippen LogP) is 4.18. The van der Waals surface area contributed by atoms with Gasteiger partial charge in [-0.25, -0.2) is 4.98 Å². The number of aryl methyl sites for hydroxylation is 2. The van der Waals surface area contributed by atoms with Crippen molar-refractivity contribution in [3.8, 4) is 16.9 Å². The molecule has 148 valence electrons. The smallest absolute Gasteiger partial charge is 0.262 e. The topological polar surface area (TPSA) is 64.3 Å². The van der Waals surface area contributed by atoms with Gasteiger partial charge in [0.1, 0.15) is 23.3 Å². The van der Waals surface area contributed by atoms with E-state index in [-0.39, 0.29) is 18.7 Å². The predicted molar refractivity (Wildman–Crippen MR) is 117 cm³/mol. The molecular formula is C23H22N2O3S. The van der Waals surface area contributed by atoms with Gasteiger partial charge in [0.25, 0.3) is 5.56 Å². The number of benzene rings is 2. The van der Waals surface area contributed by atoms with Crippen molar-refractivity contribution >= 4 is 21.6 Å². The van der Waals surface area contributed by atoms with Crippen LogP contribution in [0.15, 0.2) is 65.7 Å². The zero-order chi connectivity index (χ0) is 20.4. The lowest BCUT2D eigenvalue weighted by Crippen LogP contribution is -2.30. The maximum atomic E-state index is 13.2. The van der Waals surface area contributed by atoms with Crippen LogP contribution < -0.4 is 10.3 Å². The van der Waals surface area contributed by atoms with Crippen molar-refractivity contribution in [3.63, 3.8) is 0 Å². The maximum Gasteiger partial charge on any atom is 0.262 e. The Balaban J connectivity index is 1.59. The molecule has 0 aliphatic carbocycles. The van der Waals surface area contributed by atoms with Crippen LogP contribution in [0.5, 0.6) is 5.75 Å². The van der Waals surface area contributed by atoms with Crippen LogP contribution in [0.25, 0.3) is 21.3 Å². The zero-order valence-electron chi connectivity index (χ0n) is 16.3. The van der Waals surface area contributed by atoms with Crippen LogP contribution >= 0.6 is 11.3 Å². The number of hydrogen-bond acceptors (Lipinski definition) is 5. The molecule has 1 atom stereocenters. The van der Waals surface area contributed by atoms with Crippen molar-refractivity contribution < 1.29 is 9.84 Å². The van der Waals surface area contributed by atoms with Gasteiger partial charge in [-0.2, -0.15) is 0 Å². The summed E-state index contributed by atoms with van der Waals surface area (Å²) < 4.78 is 7.10. The zero-order valence-corrected chi connectivity index (χ0v) is 17.1. The molecule has 2 heterocycles. The van der Waals surface area contributed by atoms with Gasteiger partial charge < -0.3 is 9.84 Å². The number of nitrogens with zero attached hydrogens (tertiary/aromatic N) is 2. The lowest BCUT2D eigenvalue weighted by Gasteiger charge is -2.14. The van der Waals surface area contributed by atoms with Gasteiger partial charge in [0.15, 0.2) is 0 Å². The molecule has 0 bridgehead atoms. The van der Waals surface area contributed by atoms with Gasteiger partial charge in [-0.1, -0.05) is 48.0 Å². The molecule has 0 aliphatic heterocycles. The Labute approximate surface area is 172 Å². The van der Waals surface area contributed by atoms with Crippen LogP contribution in [0, 0.1) is 13.8 Å². The minimum atomic E-state index is -0.826. The van der Waals surface area contributed by atoms with Crippen LogP contribution in [0.2, 0.25) is 0 Å². The molecule has 0 radical (unpaired) electrons. The van der Waals surface area contributed by atoms with E-state index in [1.54, 1.807) is 0 Å². The molecule has 5 nitrogen and oxygen atoms in total. The molecular weight excluding hydrogens is 384 g/mol. The monoisotopic (exact) mass is 406 g/mol. The molecule has 4 rings (SSSR count). The first-order valence-corrected chi connectivity index (χ1v) is 10.3. The number of hydrogen-bond donors (Lipinski definition) is 1. The summed E-state index contributed by atoms with van der Waals surface area (Å²) in [5.74, 6) is 0.690. The first-order chi connectivity index (χ1) is 14.0. The molecule has 0 saturated heterocycles. The Kier molecular flexibility index (Phi) is 5.47. The minimum Gasteiger partial charge on any atom is -0.491 e. The van der Waals surface area contributed by atoms with Crippen molar-refractivity contribution in [1.29, 1.82) is 0 Å². The molecule has 29 heavy (non-hydrogen) atoms. The van der Waals surface area contributed by atoms with Gasteiger partial charge >= 0.3 is 0 Å². The molecule has 0 saturated carbocycles. The van der Waals surface area contributed by atoms with Crippen molar-refractivity contribution in [3.05, 3.63) is 81.7 Å². The third-order valence-electron chi connectivity index (χ3n) is 4.79. The molecule has 0 fully saturated rings. The van der Waals surface area contributed by atoms with E-state index in [2.05, 4.69) is 4.98 Å². The SMILES string of the molecule is Cc1ccc(OC[C@H](O)Cn2cnc3sc(C)c(-c4ccccc4)c3c2=O)cc1. The van der Waals surface area contributed by atoms with Gasteiger partial charge in [0, 0.05) is 10.4 Å². The second-order valence-corrected chi connectivity index (χ2v) is 8.26. The van der Waals surface area contributed by atoms with E-state index in [1.807, 2.05) is 68.4 Å². The quantitative estimate of drug-likeness (QED) is 0.522. The standard InChI is InChI=1S/C23H22N2O3S/c1-15-8-10-19(11-9-15)28-13-18(26)12-25-14-24-22-21(23(25)27)20(16(2)29-22)17-6-4-3-5-7-17/h3-11,14,18,26H,12-13H2,1-2H3/t18-/m1/s1. The molecule has 0 spiro atoms. The largest absolute Gasteiger partial charge is 0.491 e. The summed E-state index contributed by atoms with van der Waals surface area (Å²) in [4.78, 5) is 19.4. The van der Waals surface area contributed by atoms with Crippen molar-refractivity contribution in [2.24, 2.45) is 0 Å². The average molecular weight is 407 g/mol. The van der Waals surface area contributed by atoms with Crippen LogP contribution in [0.1, 0.15) is 10.4 Å². The Morgan fingerprint density at radius 1 is 1.10 bits per heavy atom. The van der Waals surface area contributed by atoms with Crippen molar-refractivity contribution in [1.82, 2.24) is 9.55 Å². The Bertz CT molecular complexity index is 1180. The van der Waals surface area contributed by atoms with E-state index >= 15 is 0 Å². The molecule has 0 amide bonds. The molecule has 0 unspecified atom stereocenters. The second kappa shape index (κ2) is 8.19. The van der Waals surface area contributed by atoms with Gasteiger partial charge in [-0.3, -0.25) is 9.36 Å². The molecule has 6 heteroatoms. The summed E-state index contributed by atoms with van der Waals surface area (Å²) in [7, 11) is 0. The highest BCUT2D eigenvalue weighted by Gasteiger charge is 2.18. The summed E-state index contributed by atoms with van der Waals surface area (Å²) in [5.41, 5.74) is 2.91. The summed E-state index contributed by atoms with van der Waals surface area (Å²) in [6, 6.07) is 17.5. The summed E-state index contributed by atoms with van der Waals surface area (Å²) in [5, 5.41) is 11.0. The van der Waals surface area contributed by atoms with Crippen LogP contribution in [0.4, 0.5) is 0 Å². The van der Waals surface area contributed by atoms with Crippen molar-refractivity contribution in [2.45, 2.75) is 26.5 Å². The van der Waals surface area contributed by atoms with Crippen LogP contribution in [-0.4, -0.2) is 27.4 Å². The molecule has 4 aromatic rings. The fraction of sp³-hybridized carbons (Fsp3) is 0.217. The molecule has 0 aliphatic rings. The van der Waals surface area contributed by atoms with E-state index in [1.165, 1.54) is 22.2 Å². The number of aromatic nitrogens is 2. The minimum absolute atomic E-state index is 0.0990. The number of ether oxygens (including phenoxy) is 1. The summed E-state index contributed by atoms with van der Waals surface area (Å²) in [6.07, 6.45) is 0.679. The third-order valence-corrected chi connectivity index (χ3v) is 5.80. The number of aliphatic hydroxyl groups excluding tert-OH is 1. The number of thiophene rings is 1. The fourth-order valence-electron chi connectivity index (χ4n) is 3.33. The fourth-order valence-corrected chi connectivity index (χ4v) is 4.33. The lowest BCUT2D eigenvalue weighted by molar-refractivity contribution is 0.0915. The maximum absolute atomic E-state index is 13.2. The normalized spacial score (nSPS) is 12.2. The highest BCUT2D eigenvalue weighted by atomic mass is 32.1. The van der Waals surface area contributed by atoms with E-state index < -0.39 is 6.10 Å². The van der Waals surface area contributed by atoms with Gasteiger partial charge in [0.05, 0.1) is 18.3 Å². The van der Waals surface area contributed by atoms with E-state index in [9.17, 15) is 9.90 Å². The van der Waals surface area contributed by atoms with Gasteiger partial charge in [-0.05, 0) is 31.5 Å². The first kappa shape index (κ1) is 19.4. The van der Waals surface area contributed by atoms with Crippen LogP contribution in [-0.2, 0) is 6.54 Å². The van der Waals surface area contributed by atoms with E-state index in [0.717, 1.165) is 21.6 Å². The van der Waals surface area contributed by atoms with Crippen molar-refractivity contribution in [2.75, 3.05) is 6.61 Å². The molecule has 2 aromatic carbocycles. The Hall–Kier alpha value is -2.96. The Morgan fingerprint density at radius 2 is 1.83 bits per heavy atom. The number of aliphatic hydroxyl groups is 1. The summed E-state index contributed by atoms with van der Waals surface area (Å²) >= 11 is 1.51. The lowest BCUT2D eigenvalue weighted by atomic mass is 10.0. The highest BCUT2D eigenvalue weighted by Crippen LogP contribution is 2.35. The van der Waals surface area contributed by atoms with E-state index in [0.29, 0.717) is 16.0 Å². The van der Waals surface area contributed by atoms with Gasteiger partial charge in [-0.15, -0.1) is 11.3 Å². The van der Waals surface area contributed by atoms with Gasteiger partial charge in [0.2, 0.25) is 0 Å². The highest BCUT2D eigenvalue weighted by molar-refractivity contribution is 7.19. The first-order valence-electron chi connectivity index (χ1n) is 9.44. The Morgan fingerprint density at radius 3 is 2.55 bits per heavy atom. The summed E-state index contributed by atoms with van der Waals surface area (Å²) in [6.45, 7) is 4.23. The number of fused-ring (bicyclic) bond motifs is 1. The van der Waals surface area contributed by atoms with E-state index in [4.69, 9.17) is 4.74 Å².